The number of amides is 1. The number of nitrogens with two attached hydrogens (primary N) is 1. The van der Waals surface area contributed by atoms with Gasteiger partial charge in [-0.3, -0.25) is 9.59 Å². The number of carboxylic acids is 1. The summed E-state index contributed by atoms with van der Waals surface area (Å²) in [5.74, 6) is -0.828. The van der Waals surface area contributed by atoms with Gasteiger partial charge in [-0.1, -0.05) is 13.8 Å². The molecule has 0 aliphatic carbocycles. The molecule has 19 heavy (non-hydrogen) atoms. The van der Waals surface area contributed by atoms with E-state index in [1.807, 2.05) is 13.8 Å². The van der Waals surface area contributed by atoms with E-state index < -0.39 is 11.9 Å². The average Bonchev–Trinajstić information content (AvgIpc) is 2.26. The Hall–Kier alpha value is -2.11. The number of carbonyl (C=O) groups excluding carboxylic acids is 1. The summed E-state index contributed by atoms with van der Waals surface area (Å²) in [6.45, 7) is 5.59. The third kappa shape index (κ3) is 4.57. The van der Waals surface area contributed by atoms with Crippen molar-refractivity contribution in [1.29, 1.82) is 0 Å². The molecule has 1 atom stereocenters. The van der Waals surface area contributed by atoms with Crippen molar-refractivity contribution in [3.8, 4) is 0 Å². The second-order valence-electron chi connectivity index (χ2n) is 4.84. The van der Waals surface area contributed by atoms with Crippen molar-refractivity contribution >= 4 is 17.7 Å². The molecule has 104 valence electrons. The van der Waals surface area contributed by atoms with E-state index in [4.69, 9.17) is 10.8 Å². The first kappa shape index (κ1) is 14.9. The van der Waals surface area contributed by atoms with E-state index in [-0.39, 0.29) is 18.4 Å². The molecule has 1 heterocycles. The number of aromatic nitrogens is 1. The first-order valence-corrected chi connectivity index (χ1v) is 6.06. The van der Waals surface area contributed by atoms with Crippen molar-refractivity contribution in [3.05, 3.63) is 23.4 Å². The first-order valence-electron chi connectivity index (χ1n) is 6.06. The van der Waals surface area contributed by atoms with E-state index in [0.717, 1.165) is 0 Å². The molecule has 0 fully saturated rings. The third-order valence-electron chi connectivity index (χ3n) is 2.77. The fourth-order valence-corrected chi connectivity index (χ4v) is 1.72. The van der Waals surface area contributed by atoms with Gasteiger partial charge >= 0.3 is 5.97 Å². The molecule has 0 aliphatic rings. The molecule has 4 N–H and O–H groups in total. The zero-order valence-electron chi connectivity index (χ0n) is 11.3. The predicted molar refractivity (Wildman–Crippen MR) is 72.0 cm³/mol. The number of pyridine rings is 1. The molecule has 6 heteroatoms. The molecular weight excluding hydrogens is 246 g/mol. The minimum atomic E-state index is -0.881. The van der Waals surface area contributed by atoms with Crippen LogP contribution in [0, 0.1) is 12.8 Å². The van der Waals surface area contributed by atoms with Crippen molar-refractivity contribution in [2.45, 2.75) is 33.2 Å². The van der Waals surface area contributed by atoms with E-state index in [9.17, 15) is 9.59 Å². The quantitative estimate of drug-likeness (QED) is 0.721. The van der Waals surface area contributed by atoms with E-state index in [2.05, 4.69) is 10.3 Å². The van der Waals surface area contributed by atoms with Crippen molar-refractivity contribution in [2.75, 3.05) is 5.32 Å². The standard InChI is InChI=1S/C13H19N3O3/c1-7(2)10(6-12(17)18)16-11-5-9(13(14)19)4-8(3)15-11/h4-5,7,10H,6H2,1-3H3,(H2,14,19)(H,15,16)(H,17,18). The summed E-state index contributed by atoms with van der Waals surface area (Å²) in [7, 11) is 0. The number of anilines is 1. The van der Waals surface area contributed by atoms with Crippen LogP contribution in [0.5, 0.6) is 0 Å². The zero-order chi connectivity index (χ0) is 14.6. The molecule has 6 nitrogen and oxygen atoms in total. The molecule has 0 saturated carbocycles. The van der Waals surface area contributed by atoms with Gasteiger partial charge in [-0.2, -0.15) is 0 Å². The highest BCUT2D eigenvalue weighted by molar-refractivity contribution is 5.93. The number of carboxylic acid groups (broad SMARTS) is 1. The molecule has 1 aromatic rings. The predicted octanol–water partition coefficient (Wildman–Crippen LogP) is 1.40. The van der Waals surface area contributed by atoms with Crippen molar-refractivity contribution in [3.63, 3.8) is 0 Å². The molecule has 0 spiro atoms. The Morgan fingerprint density at radius 1 is 1.42 bits per heavy atom. The van der Waals surface area contributed by atoms with Crippen LogP contribution < -0.4 is 11.1 Å². The average molecular weight is 265 g/mol. The molecule has 0 aliphatic heterocycles. The normalized spacial score (nSPS) is 12.2. The SMILES string of the molecule is Cc1cc(C(N)=O)cc(NC(CC(=O)O)C(C)C)n1. The summed E-state index contributed by atoms with van der Waals surface area (Å²) in [6, 6.07) is 2.87. The summed E-state index contributed by atoms with van der Waals surface area (Å²) in [6.07, 6.45) is -0.0147. The molecule has 1 aromatic heterocycles. The summed E-state index contributed by atoms with van der Waals surface area (Å²) >= 11 is 0. The number of primary amides is 1. The Labute approximate surface area is 112 Å². The Morgan fingerprint density at radius 3 is 2.53 bits per heavy atom. The fraction of sp³-hybridized carbons (Fsp3) is 0.462. The van der Waals surface area contributed by atoms with Gasteiger partial charge in [-0.25, -0.2) is 4.98 Å². The van der Waals surface area contributed by atoms with Crippen LogP contribution in [0.2, 0.25) is 0 Å². The zero-order valence-corrected chi connectivity index (χ0v) is 11.3. The van der Waals surface area contributed by atoms with Gasteiger partial charge in [0.15, 0.2) is 0 Å². The highest BCUT2D eigenvalue weighted by Crippen LogP contribution is 2.16. The van der Waals surface area contributed by atoms with Gasteiger partial charge in [0.2, 0.25) is 5.91 Å². The Kier molecular flexibility index (Phi) is 4.86. The fourth-order valence-electron chi connectivity index (χ4n) is 1.72. The molecule has 0 bridgehead atoms. The van der Waals surface area contributed by atoms with Crippen molar-refractivity contribution in [1.82, 2.24) is 4.98 Å². The van der Waals surface area contributed by atoms with Crippen LogP contribution in [-0.2, 0) is 4.79 Å². The van der Waals surface area contributed by atoms with Gasteiger partial charge < -0.3 is 16.2 Å². The lowest BCUT2D eigenvalue weighted by Crippen LogP contribution is -2.29. The third-order valence-corrected chi connectivity index (χ3v) is 2.77. The van der Waals surface area contributed by atoms with Crippen LogP contribution in [0.1, 0.15) is 36.3 Å². The Morgan fingerprint density at radius 2 is 2.05 bits per heavy atom. The van der Waals surface area contributed by atoms with Gasteiger partial charge in [-0.05, 0) is 25.0 Å². The van der Waals surface area contributed by atoms with E-state index in [1.54, 1.807) is 13.0 Å². The number of carbonyl (C=O) groups is 2. The maximum Gasteiger partial charge on any atom is 0.305 e. The lowest BCUT2D eigenvalue weighted by Gasteiger charge is -2.21. The van der Waals surface area contributed by atoms with Crippen molar-refractivity contribution in [2.24, 2.45) is 11.7 Å². The van der Waals surface area contributed by atoms with Gasteiger partial charge in [-0.15, -0.1) is 0 Å². The van der Waals surface area contributed by atoms with Crippen molar-refractivity contribution < 1.29 is 14.7 Å². The van der Waals surface area contributed by atoms with Crippen LogP contribution in [-0.4, -0.2) is 28.0 Å². The van der Waals surface area contributed by atoms with E-state index in [0.29, 0.717) is 17.1 Å². The summed E-state index contributed by atoms with van der Waals surface area (Å²) < 4.78 is 0. The first-order chi connectivity index (χ1) is 8.79. The molecule has 1 amide bonds. The monoisotopic (exact) mass is 265 g/mol. The Bertz CT molecular complexity index is 486. The molecule has 0 radical (unpaired) electrons. The lowest BCUT2D eigenvalue weighted by atomic mass is 10.0. The van der Waals surface area contributed by atoms with Gasteiger partial charge in [0.05, 0.1) is 6.42 Å². The molecule has 0 saturated heterocycles. The highest BCUT2D eigenvalue weighted by atomic mass is 16.4. The number of nitrogens with one attached hydrogen (secondary N) is 1. The number of aliphatic carboxylic acids is 1. The van der Waals surface area contributed by atoms with Crippen LogP contribution in [0.3, 0.4) is 0 Å². The van der Waals surface area contributed by atoms with Gasteiger partial charge in [0.1, 0.15) is 5.82 Å². The molecule has 1 unspecified atom stereocenters. The van der Waals surface area contributed by atoms with Crippen LogP contribution in [0.25, 0.3) is 0 Å². The Balaban J connectivity index is 2.95. The number of aryl methyl sites for hydroxylation is 1. The van der Waals surface area contributed by atoms with Gasteiger partial charge in [0, 0.05) is 17.3 Å². The summed E-state index contributed by atoms with van der Waals surface area (Å²) in [4.78, 5) is 26.2. The van der Waals surface area contributed by atoms with Crippen LogP contribution in [0.4, 0.5) is 5.82 Å². The molecular formula is C13H19N3O3. The number of hydrogen-bond donors (Lipinski definition) is 3. The molecule has 0 aromatic carbocycles. The number of nitrogens with zero attached hydrogens (tertiary/aromatic N) is 1. The summed E-state index contributed by atoms with van der Waals surface area (Å²) in [5.41, 5.74) is 6.24. The minimum absolute atomic E-state index is 0.0147. The topological polar surface area (TPSA) is 105 Å². The van der Waals surface area contributed by atoms with E-state index in [1.165, 1.54) is 6.07 Å². The number of rotatable bonds is 6. The van der Waals surface area contributed by atoms with Crippen LogP contribution >= 0.6 is 0 Å². The second kappa shape index (κ2) is 6.17. The van der Waals surface area contributed by atoms with Crippen LogP contribution in [0.15, 0.2) is 12.1 Å². The van der Waals surface area contributed by atoms with Gasteiger partial charge in [0.25, 0.3) is 0 Å². The largest absolute Gasteiger partial charge is 0.481 e. The lowest BCUT2D eigenvalue weighted by molar-refractivity contribution is -0.137. The minimum Gasteiger partial charge on any atom is -0.481 e. The molecule has 1 rings (SSSR count). The second-order valence-corrected chi connectivity index (χ2v) is 4.84. The number of hydrogen-bond acceptors (Lipinski definition) is 4. The smallest absolute Gasteiger partial charge is 0.305 e. The maximum atomic E-state index is 11.2. The summed E-state index contributed by atoms with van der Waals surface area (Å²) in [5, 5.41) is 11.9. The highest BCUT2D eigenvalue weighted by Gasteiger charge is 2.18. The van der Waals surface area contributed by atoms with E-state index >= 15 is 0 Å². The maximum absolute atomic E-state index is 11.2.